The van der Waals surface area contributed by atoms with Gasteiger partial charge < -0.3 is 10.1 Å². The Morgan fingerprint density at radius 2 is 1.94 bits per heavy atom. The number of tetrazole rings is 1. The second kappa shape index (κ2) is 8.09. The summed E-state index contributed by atoms with van der Waals surface area (Å²) in [6.45, 7) is 1.71. The Morgan fingerprint density at radius 1 is 1.19 bits per heavy atom. The van der Waals surface area contributed by atoms with Gasteiger partial charge in [0.15, 0.2) is 0 Å². The van der Waals surface area contributed by atoms with Crippen molar-refractivity contribution in [1.29, 1.82) is 0 Å². The number of amides is 2. The van der Waals surface area contributed by atoms with Gasteiger partial charge in [-0.25, -0.2) is 13.6 Å². The van der Waals surface area contributed by atoms with E-state index in [2.05, 4.69) is 20.7 Å². The quantitative estimate of drug-likeness (QED) is 0.669. The van der Waals surface area contributed by atoms with Gasteiger partial charge >= 0.3 is 6.09 Å². The van der Waals surface area contributed by atoms with Gasteiger partial charge in [0.2, 0.25) is 11.7 Å². The second-order valence-electron chi connectivity index (χ2n) is 7.01. The number of aromatic nitrogens is 4. The summed E-state index contributed by atoms with van der Waals surface area (Å²) in [5.74, 6) is -1.35. The number of aryl methyl sites for hydroxylation is 1. The number of hydrogen-bond acceptors (Lipinski definition) is 6. The molecule has 1 aliphatic rings. The summed E-state index contributed by atoms with van der Waals surface area (Å²) in [5, 5.41) is 14.0. The predicted molar refractivity (Wildman–Crippen MR) is 106 cm³/mol. The fraction of sp³-hybridized carbons (Fsp3) is 0.250. The maximum atomic E-state index is 14.8. The summed E-state index contributed by atoms with van der Waals surface area (Å²) in [7, 11) is 1.57. The molecule has 160 valence electrons. The van der Waals surface area contributed by atoms with Crippen LogP contribution in [-0.2, 0) is 16.6 Å². The predicted octanol–water partition coefficient (Wildman–Crippen LogP) is 2.28. The van der Waals surface area contributed by atoms with E-state index in [1.54, 1.807) is 19.2 Å². The van der Waals surface area contributed by atoms with Gasteiger partial charge in [0.1, 0.15) is 17.7 Å². The van der Waals surface area contributed by atoms with Crippen LogP contribution in [0.2, 0.25) is 0 Å². The average Bonchev–Trinajstić information content (AvgIpc) is 3.31. The van der Waals surface area contributed by atoms with E-state index in [4.69, 9.17) is 4.74 Å². The summed E-state index contributed by atoms with van der Waals surface area (Å²) in [5.41, 5.74) is 0.946. The highest BCUT2D eigenvalue weighted by Gasteiger charge is 2.32. The number of rotatable bonds is 5. The summed E-state index contributed by atoms with van der Waals surface area (Å²) in [4.78, 5) is 25.6. The summed E-state index contributed by atoms with van der Waals surface area (Å²) in [6, 6.07) is 8.41. The maximum Gasteiger partial charge on any atom is 0.414 e. The highest BCUT2D eigenvalue weighted by molar-refractivity contribution is 5.90. The molecule has 0 radical (unpaired) electrons. The van der Waals surface area contributed by atoms with Gasteiger partial charge in [-0.15, -0.1) is 10.2 Å². The third kappa shape index (κ3) is 4.20. The zero-order chi connectivity index (χ0) is 22.1. The molecule has 0 unspecified atom stereocenters. The van der Waals surface area contributed by atoms with Crippen molar-refractivity contribution in [3.63, 3.8) is 0 Å². The third-order valence-electron chi connectivity index (χ3n) is 4.75. The number of nitrogens with zero attached hydrogens (tertiary/aromatic N) is 5. The average molecular weight is 428 g/mol. The van der Waals surface area contributed by atoms with E-state index < -0.39 is 23.8 Å². The molecule has 3 aromatic rings. The molecule has 0 saturated carbocycles. The van der Waals surface area contributed by atoms with Crippen molar-refractivity contribution in [2.45, 2.75) is 13.0 Å². The van der Waals surface area contributed by atoms with E-state index in [1.165, 1.54) is 40.9 Å². The smallest absolute Gasteiger partial charge is 0.414 e. The molecule has 1 atom stereocenters. The minimum Gasteiger partial charge on any atom is -0.442 e. The van der Waals surface area contributed by atoms with Crippen LogP contribution in [0.15, 0.2) is 36.4 Å². The van der Waals surface area contributed by atoms with E-state index in [0.29, 0.717) is 11.3 Å². The molecule has 31 heavy (non-hydrogen) atoms. The van der Waals surface area contributed by atoms with E-state index in [1.807, 2.05) is 0 Å². The molecule has 2 aromatic carbocycles. The third-order valence-corrected chi connectivity index (χ3v) is 4.75. The molecule has 11 heteroatoms. The summed E-state index contributed by atoms with van der Waals surface area (Å²) in [6.07, 6.45) is -1.16. The van der Waals surface area contributed by atoms with E-state index in [9.17, 15) is 18.4 Å². The molecule has 0 bridgehead atoms. The zero-order valence-corrected chi connectivity index (χ0v) is 16.7. The molecule has 1 aromatic heterocycles. The molecule has 1 fully saturated rings. The first-order valence-electron chi connectivity index (χ1n) is 9.38. The molecule has 9 nitrogen and oxygen atoms in total. The molecular formula is C20H18F2N6O3. The van der Waals surface area contributed by atoms with Crippen molar-refractivity contribution >= 4 is 17.7 Å². The lowest BCUT2D eigenvalue weighted by molar-refractivity contribution is -0.119. The van der Waals surface area contributed by atoms with Gasteiger partial charge in [-0.05, 0) is 41.1 Å². The Morgan fingerprint density at radius 3 is 2.58 bits per heavy atom. The minimum absolute atomic E-state index is 0.128. The Labute approximate surface area is 175 Å². The first-order valence-corrected chi connectivity index (χ1v) is 9.38. The van der Waals surface area contributed by atoms with Gasteiger partial charge in [0, 0.05) is 12.5 Å². The number of benzene rings is 2. The second-order valence-corrected chi connectivity index (χ2v) is 7.01. The maximum absolute atomic E-state index is 14.8. The van der Waals surface area contributed by atoms with Crippen LogP contribution in [0.25, 0.3) is 22.5 Å². The topological polar surface area (TPSA) is 102 Å². The van der Waals surface area contributed by atoms with Crippen molar-refractivity contribution < 1.29 is 23.1 Å². The van der Waals surface area contributed by atoms with Crippen molar-refractivity contribution in [3.05, 3.63) is 48.0 Å². The zero-order valence-electron chi connectivity index (χ0n) is 16.7. The van der Waals surface area contributed by atoms with Gasteiger partial charge in [0.25, 0.3) is 0 Å². The summed E-state index contributed by atoms with van der Waals surface area (Å²) >= 11 is 0. The van der Waals surface area contributed by atoms with E-state index in [0.717, 1.165) is 0 Å². The standard InChI is InChI=1S/C20H18F2N6O3/c1-11(29)23-9-14-10-28(20(30)31-14)13-4-6-15(18(22)8-13)12-3-5-16(17(21)7-12)19-24-26-27(2)25-19/h3-8,14H,9-10H2,1-2H3,(H,23,29)/t14-/m0/s1. The van der Waals surface area contributed by atoms with Gasteiger partial charge in [-0.2, -0.15) is 4.80 Å². The Kier molecular flexibility index (Phi) is 5.32. The minimum atomic E-state index is -0.630. The molecule has 2 heterocycles. The van der Waals surface area contributed by atoms with Crippen LogP contribution in [0.5, 0.6) is 0 Å². The van der Waals surface area contributed by atoms with Crippen LogP contribution < -0.4 is 10.2 Å². The van der Waals surface area contributed by atoms with Gasteiger partial charge in [0.05, 0.1) is 31.4 Å². The van der Waals surface area contributed by atoms with Crippen LogP contribution in [0.3, 0.4) is 0 Å². The number of hydrogen-bond donors (Lipinski definition) is 1. The molecule has 2 amide bonds. The number of halogens is 2. The Bertz CT molecular complexity index is 1170. The van der Waals surface area contributed by atoms with Crippen LogP contribution in [0.4, 0.5) is 19.3 Å². The van der Waals surface area contributed by atoms with Crippen molar-refractivity contribution in [2.75, 3.05) is 18.0 Å². The normalized spacial score (nSPS) is 15.8. The van der Waals surface area contributed by atoms with Gasteiger partial charge in [-0.3, -0.25) is 9.69 Å². The molecule has 0 spiro atoms. The Hall–Kier alpha value is -3.89. The number of carbonyl (C=O) groups is 2. The van der Waals surface area contributed by atoms with Crippen LogP contribution in [0.1, 0.15) is 6.92 Å². The molecule has 1 saturated heterocycles. The lowest BCUT2D eigenvalue weighted by Crippen LogP contribution is -2.33. The number of carbonyl (C=O) groups excluding carboxylic acids is 2. The highest BCUT2D eigenvalue weighted by Crippen LogP contribution is 2.31. The molecule has 1 aliphatic heterocycles. The van der Waals surface area contributed by atoms with Crippen LogP contribution >= 0.6 is 0 Å². The Balaban J connectivity index is 1.55. The van der Waals surface area contributed by atoms with Crippen molar-refractivity contribution in [2.24, 2.45) is 7.05 Å². The first-order chi connectivity index (χ1) is 14.8. The highest BCUT2D eigenvalue weighted by atomic mass is 19.1. The lowest BCUT2D eigenvalue weighted by atomic mass is 10.0. The number of anilines is 1. The van der Waals surface area contributed by atoms with Crippen LogP contribution in [0, 0.1) is 11.6 Å². The lowest BCUT2D eigenvalue weighted by Gasteiger charge is -2.15. The fourth-order valence-electron chi connectivity index (χ4n) is 3.26. The largest absolute Gasteiger partial charge is 0.442 e. The number of cyclic esters (lactones) is 1. The molecule has 1 N–H and O–H groups in total. The monoisotopic (exact) mass is 428 g/mol. The van der Waals surface area contributed by atoms with E-state index >= 15 is 0 Å². The fourth-order valence-corrected chi connectivity index (χ4v) is 3.26. The molecule has 4 rings (SSSR count). The number of nitrogens with one attached hydrogen (secondary N) is 1. The summed E-state index contributed by atoms with van der Waals surface area (Å²) < 4.78 is 34.6. The van der Waals surface area contributed by atoms with E-state index in [-0.39, 0.29) is 35.9 Å². The first kappa shape index (κ1) is 20.4. The van der Waals surface area contributed by atoms with Gasteiger partial charge in [-0.1, -0.05) is 6.07 Å². The molecule has 0 aliphatic carbocycles. The SMILES string of the molecule is CC(=O)NC[C@H]1CN(c2ccc(-c3ccc(-c4nnn(C)n4)c(F)c3)c(F)c2)C(=O)O1. The van der Waals surface area contributed by atoms with Crippen LogP contribution in [-0.4, -0.2) is 51.4 Å². The molecular weight excluding hydrogens is 410 g/mol. The van der Waals surface area contributed by atoms with Crippen molar-refractivity contribution in [3.8, 4) is 22.5 Å². The number of ether oxygens (including phenoxy) is 1. The van der Waals surface area contributed by atoms with Crippen molar-refractivity contribution in [1.82, 2.24) is 25.5 Å².